The van der Waals surface area contributed by atoms with Gasteiger partial charge in [-0.2, -0.15) is 0 Å². The number of aryl methyl sites for hydroxylation is 1. The van der Waals surface area contributed by atoms with Crippen molar-refractivity contribution in [3.05, 3.63) is 59.5 Å². The maximum absolute atomic E-state index is 12.5. The van der Waals surface area contributed by atoms with E-state index in [2.05, 4.69) is 6.58 Å². The van der Waals surface area contributed by atoms with Crippen molar-refractivity contribution in [3.8, 4) is 0 Å². The largest absolute Gasteiger partial charge is 0.388 e. The van der Waals surface area contributed by atoms with Gasteiger partial charge in [-0.25, -0.2) is 4.21 Å². The van der Waals surface area contributed by atoms with Crippen LogP contribution in [0.3, 0.4) is 0 Å². The first kappa shape index (κ1) is 14.2. The fraction of sp³-hybridized carbons (Fsp3) is 0.200. The SMILES string of the molecule is C=CC[C@H](O)c1ccsc1[S@@](=O)c1ccc(C)cc1. The van der Waals surface area contributed by atoms with E-state index in [1.54, 1.807) is 6.08 Å². The monoisotopic (exact) mass is 292 g/mol. The molecule has 0 radical (unpaired) electrons. The van der Waals surface area contributed by atoms with E-state index >= 15 is 0 Å². The summed E-state index contributed by atoms with van der Waals surface area (Å²) < 4.78 is 13.3. The van der Waals surface area contributed by atoms with Crippen molar-refractivity contribution in [1.29, 1.82) is 0 Å². The second-order valence-electron chi connectivity index (χ2n) is 4.29. The van der Waals surface area contributed by atoms with E-state index in [0.29, 0.717) is 6.42 Å². The Labute approximate surface area is 119 Å². The molecular formula is C15H16O2S2. The minimum absolute atomic E-state index is 0.467. The highest BCUT2D eigenvalue weighted by atomic mass is 32.2. The summed E-state index contributed by atoms with van der Waals surface area (Å²) in [4.78, 5) is 0.764. The molecule has 2 atom stereocenters. The zero-order valence-electron chi connectivity index (χ0n) is 10.7. The fourth-order valence-corrected chi connectivity index (χ4v) is 4.26. The minimum atomic E-state index is -1.24. The molecule has 0 amide bonds. The Morgan fingerprint density at radius 3 is 2.68 bits per heavy atom. The Morgan fingerprint density at radius 1 is 1.37 bits per heavy atom. The van der Waals surface area contributed by atoms with Crippen LogP contribution in [0.1, 0.15) is 23.7 Å². The molecule has 2 nitrogen and oxygen atoms in total. The lowest BCUT2D eigenvalue weighted by molar-refractivity contribution is 0.179. The molecule has 4 heteroatoms. The average Bonchev–Trinajstić information content (AvgIpc) is 2.88. The van der Waals surface area contributed by atoms with Crippen LogP contribution in [-0.2, 0) is 10.8 Å². The number of rotatable bonds is 5. The molecule has 2 rings (SSSR count). The third kappa shape index (κ3) is 3.21. The Bertz CT molecular complexity index is 584. The lowest BCUT2D eigenvalue weighted by atomic mass is 10.1. The smallest absolute Gasteiger partial charge is 0.102 e. The lowest BCUT2D eigenvalue weighted by Crippen LogP contribution is -2.00. The molecule has 0 aliphatic carbocycles. The molecule has 0 fully saturated rings. The third-order valence-electron chi connectivity index (χ3n) is 2.81. The van der Waals surface area contributed by atoms with Crippen molar-refractivity contribution in [2.75, 3.05) is 0 Å². The van der Waals surface area contributed by atoms with Gasteiger partial charge >= 0.3 is 0 Å². The lowest BCUT2D eigenvalue weighted by Gasteiger charge is -2.09. The van der Waals surface area contributed by atoms with Crippen LogP contribution in [-0.4, -0.2) is 9.32 Å². The Hall–Kier alpha value is -1.23. The van der Waals surface area contributed by atoms with E-state index in [0.717, 1.165) is 20.2 Å². The molecule has 1 N–H and O–H groups in total. The summed E-state index contributed by atoms with van der Waals surface area (Å²) in [5, 5.41) is 11.9. The van der Waals surface area contributed by atoms with Crippen LogP contribution in [0.5, 0.6) is 0 Å². The fourth-order valence-electron chi connectivity index (χ4n) is 1.76. The highest BCUT2D eigenvalue weighted by molar-refractivity contribution is 7.87. The predicted octanol–water partition coefficient (Wildman–Crippen LogP) is 3.83. The van der Waals surface area contributed by atoms with Crippen molar-refractivity contribution in [3.63, 3.8) is 0 Å². The predicted molar refractivity (Wildman–Crippen MR) is 79.9 cm³/mol. The quantitative estimate of drug-likeness (QED) is 0.850. The molecular weight excluding hydrogens is 276 g/mol. The van der Waals surface area contributed by atoms with Crippen LogP contribution in [0.25, 0.3) is 0 Å². The standard InChI is InChI=1S/C15H16O2S2/c1-3-4-14(16)13-9-10-18-15(13)19(17)12-7-5-11(2)6-8-12/h3,5-10,14,16H,1,4H2,2H3/t14-,19-/m0/s1. The molecule has 0 unspecified atom stereocenters. The molecule has 2 aromatic rings. The van der Waals surface area contributed by atoms with Gasteiger partial charge < -0.3 is 5.11 Å². The van der Waals surface area contributed by atoms with Crippen LogP contribution in [0.15, 0.2) is 57.5 Å². The molecule has 0 saturated heterocycles. The third-order valence-corrected chi connectivity index (χ3v) is 5.55. The first-order chi connectivity index (χ1) is 9.13. The van der Waals surface area contributed by atoms with Gasteiger partial charge in [-0.3, -0.25) is 0 Å². The van der Waals surface area contributed by atoms with Crippen LogP contribution >= 0.6 is 11.3 Å². The van der Waals surface area contributed by atoms with Crippen LogP contribution in [0.4, 0.5) is 0 Å². The highest BCUT2D eigenvalue weighted by Gasteiger charge is 2.18. The van der Waals surface area contributed by atoms with Gasteiger partial charge in [0.25, 0.3) is 0 Å². The summed E-state index contributed by atoms with van der Waals surface area (Å²) in [6, 6.07) is 9.46. The van der Waals surface area contributed by atoms with Gasteiger partial charge in [-0.05, 0) is 36.9 Å². The topological polar surface area (TPSA) is 37.3 Å². The van der Waals surface area contributed by atoms with Crippen LogP contribution in [0.2, 0.25) is 0 Å². The summed E-state index contributed by atoms with van der Waals surface area (Å²) in [6.45, 7) is 5.62. The first-order valence-corrected chi connectivity index (χ1v) is 8.01. The zero-order chi connectivity index (χ0) is 13.8. The van der Waals surface area contributed by atoms with Crippen molar-refractivity contribution < 1.29 is 9.32 Å². The summed E-state index contributed by atoms with van der Waals surface area (Å²) in [5.41, 5.74) is 1.88. The summed E-state index contributed by atoms with van der Waals surface area (Å²) >= 11 is 1.42. The average molecular weight is 292 g/mol. The van der Waals surface area contributed by atoms with Gasteiger partial charge in [0.15, 0.2) is 0 Å². The molecule has 0 saturated carbocycles. The molecule has 19 heavy (non-hydrogen) atoms. The van der Waals surface area contributed by atoms with Crippen LogP contribution in [0, 0.1) is 6.92 Å². The maximum atomic E-state index is 12.5. The molecule has 0 bridgehead atoms. The van der Waals surface area contributed by atoms with Crippen molar-refractivity contribution in [1.82, 2.24) is 0 Å². The number of benzene rings is 1. The van der Waals surface area contributed by atoms with Gasteiger partial charge in [0.1, 0.15) is 4.21 Å². The summed E-state index contributed by atoms with van der Waals surface area (Å²) in [6.07, 6.45) is 1.50. The molecule has 0 aliphatic rings. The highest BCUT2D eigenvalue weighted by Crippen LogP contribution is 2.31. The molecule has 1 aromatic carbocycles. The second-order valence-corrected chi connectivity index (χ2v) is 6.88. The van der Waals surface area contributed by atoms with Crippen molar-refractivity contribution >= 4 is 22.1 Å². The number of hydrogen-bond acceptors (Lipinski definition) is 3. The van der Waals surface area contributed by atoms with Gasteiger partial charge in [-0.1, -0.05) is 23.8 Å². The van der Waals surface area contributed by atoms with E-state index in [-0.39, 0.29) is 0 Å². The molecule has 100 valence electrons. The first-order valence-electron chi connectivity index (χ1n) is 5.98. The molecule has 0 aliphatic heterocycles. The Balaban J connectivity index is 2.32. The molecule has 0 spiro atoms. The van der Waals surface area contributed by atoms with E-state index in [1.165, 1.54) is 11.3 Å². The van der Waals surface area contributed by atoms with E-state index < -0.39 is 16.9 Å². The summed E-state index contributed by atoms with van der Waals surface area (Å²) in [5.74, 6) is 0. The van der Waals surface area contributed by atoms with Crippen molar-refractivity contribution in [2.45, 2.75) is 28.6 Å². The normalized spacial score (nSPS) is 14.0. The minimum Gasteiger partial charge on any atom is -0.388 e. The van der Waals surface area contributed by atoms with Crippen LogP contribution < -0.4 is 0 Å². The second kappa shape index (κ2) is 6.28. The maximum Gasteiger partial charge on any atom is 0.102 e. The van der Waals surface area contributed by atoms with Gasteiger partial charge in [-0.15, -0.1) is 17.9 Å². The van der Waals surface area contributed by atoms with E-state index in [9.17, 15) is 9.32 Å². The van der Waals surface area contributed by atoms with Gasteiger partial charge in [0.2, 0.25) is 0 Å². The number of aliphatic hydroxyl groups excluding tert-OH is 1. The number of hydrogen-bond donors (Lipinski definition) is 1. The molecule has 1 aromatic heterocycles. The summed E-state index contributed by atoms with van der Waals surface area (Å²) in [7, 11) is -1.24. The van der Waals surface area contributed by atoms with Gasteiger partial charge in [0, 0.05) is 10.5 Å². The Kier molecular flexibility index (Phi) is 4.69. The van der Waals surface area contributed by atoms with Crippen molar-refractivity contribution in [2.24, 2.45) is 0 Å². The van der Waals surface area contributed by atoms with E-state index in [4.69, 9.17) is 0 Å². The number of aliphatic hydroxyl groups is 1. The van der Waals surface area contributed by atoms with Gasteiger partial charge in [0.05, 0.1) is 16.9 Å². The molecule has 1 heterocycles. The van der Waals surface area contributed by atoms with E-state index in [1.807, 2.05) is 42.6 Å². The zero-order valence-corrected chi connectivity index (χ0v) is 12.3. The Morgan fingerprint density at radius 2 is 2.05 bits per heavy atom. The number of thiophene rings is 1.